The molecule has 0 aliphatic rings. The monoisotopic (exact) mass is 271 g/mol. The van der Waals surface area contributed by atoms with E-state index in [9.17, 15) is 4.79 Å². The zero-order valence-corrected chi connectivity index (χ0v) is 11.6. The highest BCUT2D eigenvalue weighted by Gasteiger charge is 2.16. The Morgan fingerprint density at radius 2 is 2.00 bits per heavy atom. The van der Waals surface area contributed by atoms with Gasteiger partial charge in [0.2, 0.25) is 5.88 Å². The second-order valence-corrected chi connectivity index (χ2v) is 4.36. The van der Waals surface area contributed by atoms with E-state index in [1.54, 1.807) is 36.5 Å². The molecule has 0 bridgehead atoms. The lowest BCUT2D eigenvalue weighted by atomic mass is 10.2. The fourth-order valence-electron chi connectivity index (χ4n) is 1.85. The fraction of sp³-hybridized carbons (Fsp3) is 0.267. The third-order valence-electron chi connectivity index (χ3n) is 2.97. The summed E-state index contributed by atoms with van der Waals surface area (Å²) >= 11 is 0. The fourth-order valence-corrected chi connectivity index (χ4v) is 1.85. The van der Waals surface area contributed by atoms with Crippen molar-refractivity contribution in [2.24, 2.45) is 0 Å². The number of hydrogen-bond donors (Lipinski definition) is 0. The molecular formula is C15H17N3O2. The van der Waals surface area contributed by atoms with E-state index >= 15 is 0 Å². The molecule has 0 aliphatic heterocycles. The first-order chi connectivity index (χ1) is 9.72. The lowest BCUT2D eigenvalue weighted by Gasteiger charge is -2.17. The molecule has 0 N–H and O–H groups in total. The molecule has 0 unspecified atom stereocenters. The summed E-state index contributed by atoms with van der Waals surface area (Å²) in [4.78, 5) is 22.3. The highest BCUT2D eigenvalue weighted by atomic mass is 16.5. The van der Waals surface area contributed by atoms with Crippen LogP contribution in [0.25, 0.3) is 0 Å². The quantitative estimate of drug-likeness (QED) is 0.832. The van der Waals surface area contributed by atoms with E-state index < -0.39 is 0 Å². The Hall–Kier alpha value is -2.43. The van der Waals surface area contributed by atoms with Crippen LogP contribution in [0.3, 0.4) is 0 Å². The summed E-state index contributed by atoms with van der Waals surface area (Å²) < 4.78 is 5.11. The van der Waals surface area contributed by atoms with Crippen LogP contribution in [0.15, 0.2) is 42.7 Å². The van der Waals surface area contributed by atoms with Crippen molar-refractivity contribution < 1.29 is 9.53 Å². The molecule has 0 saturated carbocycles. The van der Waals surface area contributed by atoms with Gasteiger partial charge in [-0.2, -0.15) is 0 Å². The standard InChI is InChI=1S/C15H17N3O2/c1-18(11-8-12-6-3-4-9-16-12)15(19)13-7-5-10-17-14(13)20-2/h3-7,9-10H,8,11H2,1-2H3. The molecule has 5 heteroatoms. The highest BCUT2D eigenvalue weighted by Crippen LogP contribution is 2.15. The summed E-state index contributed by atoms with van der Waals surface area (Å²) in [5.74, 6) is 0.244. The zero-order valence-electron chi connectivity index (χ0n) is 11.6. The van der Waals surface area contributed by atoms with Crippen molar-refractivity contribution in [2.75, 3.05) is 20.7 Å². The predicted molar refractivity (Wildman–Crippen MR) is 75.7 cm³/mol. The Morgan fingerprint density at radius 3 is 2.70 bits per heavy atom. The summed E-state index contributed by atoms with van der Waals surface area (Å²) in [6.07, 6.45) is 4.07. The maximum atomic E-state index is 12.3. The van der Waals surface area contributed by atoms with E-state index in [1.807, 2.05) is 18.2 Å². The van der Waals surface area contributed by atoms with Crippen molar-refractivity contribution in [1.29, 1.82) is 0 Å². The summed E-state index contributed by atoms with van der Waals surface area (Å²) in [7, 11) is 3.27. The smallest absolute Gasteiger partial charge is 0.259 e. The van der Waals surface area contributed by atoms with E-state index in [2.05, 4.69) is 9.97 Å². The molecule has 0 atom stereocenters. The number of amides is 1. The van der Waals surface area contributed by atoms with Crippen molar-refractivity contribution in [2.45, 2.75) is 6.42 Å². The minimum atomic E-state index is -0.106. The molecule has 20 heavy (non-hydrogen) atoms. The van der Waals surface area contributed by atoms with Gasteiger partial charge in [0.05, 0.1) is 7.11 Å². The van der Waals surface area contributed by atoms with E-state index in [4.69, 9.17) is 4.74 Å². The van der Waals surface area contributed by atoms with Crippen molar-refractivity contribution in [3.05, 3.63) is 54.0 Å². The number of likely N-dealkylation sites (N-methyl/N-ethyl adjacent to an activating group) is 1. The molecule has 0 spiro atoms. The number of hydrogen-bond acceptors (Lipinski definition) is 4. The maximum Gasteiger partial charge on any atom is 0.259 e. The Morgan fingerprint density at radius 1 is 1.20 bits per heavy atom. The molecule has 0 fully saturated rings. The molecule has 0 saturated heterocycles. The second kappa shape index (κ2) is 6.65. The van der Waals surface area contributed by atoms with Gasteiger partial charge in [-0.1, -0.05) is 6.07 Å². The van der Waals surface area contributed by atoms with Gasteiger partial charge in [-0.15, -0.1) is 0 Å². The summed E-state index contributed by atoms with van der Waals surface area (Å²) in [6.45, 7) is 0.591. The first-order valence-electron chi connectivity index (χ1n) is 6.36. The van der Waals surface area contributed by atoms with Gasteiger partial charge in [0.25, 0.3) is 5.91 Å². The Kier molecular flexibility index (Phi) is 4.65. The van der Waals surface area contributed by atoms with Gasteiger partial charge in [0, 0.05) is 38.1 Å². The summed E-state index contributed by atoms with van der Waals surface area (Å²) in [6, 6.07) is 9.20. The first kappa shape index (κ1) is 14.0. The van der Waals surface area contributed by atoms with Crippen LogP contribution in [0.2, 0.25) is 0 Å². The molecule has 2 aromatic rings. The van der Waals surface area contributed by atoms with Gasteiger partial charge >= 0.3 is 0 Å². The number of pyridine rings is 2. The maximum absolute atomic E-state index is 12.3. The molecule has 5 nitrogen and oxygen atoms in total. The summed E-state index contributed by atoms with van der Waals surface area (Å²) in [5, 5.41) is 0. The summed E-state index contributed by atoms with van der Waals surface area (Å²) in [5.41, 5.74) is 1.43. The highest BCUT2D eigenvalue weighted by molar-refractivity contribution is 5.96. The van der Waals surface area contributed by atoms with Crippen LogP contribution in [0.1, 0.15) is 16.1 Å². The minimum Gasteiger partial charge on any atom is -0.480 e. The van der Waals surface area contributed by atoms with Gasteiger partial charge in [0.1, 0.15) is 5.56 Å². The average Bonchev–Trinajstić information content (AvgIpc) is 2.52. The lowest BCUT2D eigenvalue weighted by Crippen LogP contribution is -2.29. The van der Waals surface area contributed by atoms with Crippen LogP contribution in [-0.4, -0.2) is 41.5 Å². The Bertz CT molecular complexity index is 572. The van der Waals surface area contributed by atoms with E-state index in [1.165, 1.54) is 7.11 Å². The van der Waals surface area contributed by atoms with E-state index in [-0.39, 0.29) is 5.91 Å². The van der Waals surface area contributed by atoms with E-state index in [0.717, 1.165) is 5.69 Å². The number of nitrogens with zero attached hydrogens (tertiary/aromatic N) is 3. The molecule has 2 aromatic heterocycles. The van der Waals surface area contributed by atoms with Gasteiger partial charge in [-0.05, 0) is 24.3 Å². The van der Waals surface area contributed by atoms with E-state index in [0.29, 0.717) is 24.4 Å². The number of ether oxygens (including phenoxy) is 1. The number of rotatable bonds is 5. The van der Waals surface area contributed by atoms with Crippen molar-refractivity contribution in [3.63, 3.8) is 0 Å². The molecule has 0 aromatic carbocycles. The predicted octanol–water partition coefficient (Wildman–Crippen LogP) is 1.80. The Labute approximate surface area is 118 Å². The normalized spacial score (nSPS) is 10.1. The molecule has 0 radical (unpaired) electrons. The molecular weight excluding hydrogens is 254 g/mol. The number of carbonyl (C=O) groups excluding carboxylic acids is 1. The van der Waals surface area contributed by atoms with Crippen LogP contribution >= 0.6 is 0 Å². The van der Waals surface area contributed by atoms with Gasteiger partial charge in [-0.3, -0.25) is 9.78 Å². The van der Waals surface area contributed by atoms with Gasteiger partial charge < -0.3 is 9.64 Å². The average molecular weight is 271 g/mol. The third-order valence-corrected chi connectivity index (χ3v) is 2.97. The minimum absolute atomic E-state index is 0.106. The van der Waals surface area contributed by atoms with Gasteiger partial charge in [0.15, 0.2) is 0 Å². The largest absolute Gasteiger partial charge is 0.480 e. The second-order valence-electron chi connectivity index (χ2n) is 4.36. The number of methoxy groups -OCH3 is 1. The molecule has 1 amide bonds. The van der Waals surface area contributed by atoms with Crippen LogP contribution in [0.5, 0.6) is 5.88 Å². The van der Waals surface area contributed by atoms with Crippen molar-refractivity contribution >= 4 is 5.91 Å². The third kappa shape index (κ3) is 3.32. The Balaban J connectivity index is 2.02. The zero-order chi connectivity index (χ0) is 14.4. The molecule has 2 heterocycles. The SMILES string of the molecule is COc1ncccc1C(=O)N(C)CCc1ccccn1. The van der Waals surface area contributed by atoms with Gasteiger partial charge in [-0.25, -0.2) is 4.98 Å². The molecule has 0 aliphatic carbocycles. The molecule has 2 rings (SSSR count). The van der Waals surface area contributed by atoms with Crippen molar-refractivity contribution in [1.82, 2.24) is 14.9 Å². The van der Waals surface area contributed by atoms with Crippen molar-refractivity contribution in [3.8, 4) is 5.88 Å². The van der Waals surface area contributed by atoms with Crippen LogP contribution in [0.4, 0.5) is 0 Å². The molecule has 104 valence electrons. The van der Waals surface area contributed by atoms with Crippen LogP contribution in [-0.2, 0) is 6.42 Å². The van der Waals surface area contributed by atoms with Crippen LogP contribution < -0.4 is 4.74 Å². The van der Waals surface area contributed by atoms with Crippen LogP contribution in [0, 0.1) is 0 Å². The number of carbonyl (C=O) groups is 1. The first-order valence-corrected chi connectivity index (χ1v) is 6.36. The lowest BCUT2D eigenvalue weighted by molar-refractivity contribution is 0.0792. The topological polar surface area (TPSA) is 55.3 Å². The number of aromatic nitrogens is 2.